The normalized spacial score (nSPS) is 19.6. The molecule has 136 valence electrons. The Labute approximate surface area is 154 Å². The summed E-state index contributed by atoms with van der Waals surface area (Å²) in [7, 11) is 0. The summed E-state index contributed by atoms with van der Waals surface area (Å²) in [5.74, 6) is -0.286. The van der Waals surface area contributed by atoms with Gasteiger partial charge in [0.05, 0.1) is 0 Å². The first-order valence-corrected chi connectivity index (χ1v) is 8.37. The van der Waals surface area contributed by atoms with Gasteiger partial charge < -0.3 is 15.2 Å². The predicted octanol–water partition coefficient (Wildman–Crippen LogP) is 2.43. The van der Waals surface area contributed by atoms with Gasteiger partial charge in [0.15, 0.2) is 5.82 Å². The van der Waals surface area contributed by atoms with Crippen LogP contribution in [0.15, 0.2) is 34.9 Å². The van der Waals surface area contributed by atoms with E-state index >= 15 is 0 Å². The molecule has 26 heavy (non-hydrogen) atoms. The summed E-state index contributed by atoms with van der Waals surface area (Å²) >= 11 is 5.90. The molecule has 2 N–H and O–H groups in total. The third-order valence-corrected chi connectivity index (χ3v) is 4.49. The van der Waals surface area contributed by atoms with Crippen LogP contribution in [0, 0.1) is 6.92 Å². The van der Waals surface area contributed by atoms with E-state index in [1.165, 1.54) is 6.07 Å². The summed E-state index contributed by atoms with van der Waals surface area (Å²) in [4.78, 5) is 38.3. The molecule has 1 aliphatic heterocycles. The maximum Gasteiger partial charge on any atom is 0.325 e. The number of hydrogen-bond acceptors (Lipinski definition) is 5. The van der Waals surface area contributed by atoms with E-state index in [9.17, 15) is 14.4 Å². The van der Waals surface area contributed by atoms with Gasteiger partial charge in [0.1, 0.15) is 17.8 Å². The number of hydrogen-bond donors (Lipinski definition) is 2. The number of amides is 4. The van der Waals surface area contributed by atoms with Gasteiger partial charge in [-0.15, -0.1) is 0 Å². The number of aromatic nitrogens is 1. The number of nitrogens with zero attached hydrogens (tertiary/aromatic N) is 2. The lowest BCUT2D eigenvalue weighted by Crippen LogP contribution is -2.44. The molecule has 9 heteroatoms. The molecule has 0 aliphatic carbocycles. The molecule has 1 fully saturated rings. The minimum atomic E-state index is -1.22. The minimum Gasteiger partial charge on any atom is -0.360 e. The molecule has 1 atom stereocenters. The Kier molecular flexibility index (Phi) is 4.69. The Morgan fingerprint density at radius 1 is 1.35 bits per heavy atom. The molecule has 0 unspecified atom stereocenters. The van der Waals surface area contributed by atoms with Gasteiger partial charge in [-0.05, 0) is 31.0 Å². The molecule has 1 aromatic carbocycles. The molecule has 0 bridgehead atoms. The lowest BCUT2D eigenvalue weighted by atomic mass is 9.87. The van der Waals surface area contributed by atoms with Gasteiger partial charge in [-0.2, -0.15) is 0 Å². The van der Waals surface area contributed by atoms with Gasteiger partial charge in [0.2, 0.25) is 5.91 Å². The lowest BCUT2D eigenvalue weighted by molar-refractivity contribution is -0.134. The van der Waals surface area contributed by atoms with Crippen LogP contribution in [0.2, 0.25) is 5.02 Å². The highest BCUT2D eigenvalue weighted by Crippen LogP contribution is 2.33. The molecule has 0 radical (unpaired) electrons. The largest absolute Gasteiger partial charge is 0.360 e. The monoisotopic (exact) mass is 376 g/mol. The molecule has 0 saturated carbocycles. The van der Waals surface area contributed by atoms with Crippen molar-refractivity contribution < 1.29 is 18.9 Å². The average Bonchev–Trinajstić information content (AvgIpc) is 3.11. The van der Waals surface area contributed by atoms with E-state index in [1.807, 2.05) is 0 Å². The molecule has 1 saturated heterocycles. The van der Waals surface area contributed by atoms with Crippen molar-refractivity contribution in [3.63, 3.8) is 0 Å². The average molecular weight is 377 g/mol. The number of urea groups is 1. The van der Waals surface area contributed by atoms with Crippen LogP contribution in [0.3, 0.4) is 0 Å². The van der Waals surface area contributed by atoms with Crippen LogP contribution in [-0.4, -0.2) is 34.4 Å². The predicted molar refractivity (Wildman–Crippen MR) is 93.5 cm³/mol. The van der Waals surface area contributed by atoms with E-state index in [-0.39, 0.29) is 5.82 Å². The highest BCUT2D eigenvalue weighted by molar-refractivity contribution is 6.30. The highest BCUT2D eigenvalue weighted by Gasteiger charge is 2.51. The Hall–Kier alpha value is -2.87. The standard InChI is InChI=1S/C17H17ClN4O4/c1-3-17(11-4-6-12(18)7-5-11)15(24)22(16(25)20-17)9-14(23)19-13-8-10(2)26-21-13/h4-8H,3,9H2,1-2H3,(H,20,25)(H,19,21,23)/t17-/m1/s1. The SMILES string of the molecule is CC[C@]1(c2ccc(Cl)cc2)NC(=O)N(CC(=O)Nc2cc(C)on2)C1=O. The first kappa shape index (κ1) is 17.9. The number of nitrogens with one attached hydrogen (secondary N) is 2. The summed E-state index contributed by atoms with van der Waals surface area (Å²) in [6.07, 6.45) is 0.333. The summed E-state index contributed by atoms with van der Waals surface area (Å²) in [5.41, 5.74) is -0.607. The van der Waals surface area contributed by atoms with Gasteiger partial charge in [-0.1, -0.05) is 35.8 Å². The fourth-order valence-corrected chi connectivity index (χ4v) is 3.02. The first-order chi connectivity index (χ1) is 12.4. The van der Waals surface area contributed by atoms with Crippen LogP contribution in [0.25, 0.3) is 0 Å². The number of imide groups is 1. The highest BCUT2D eigenvalue weighted by atomic mass is 35.5. The Morgan fingerprint density at radius 2 is 2.04 bits per heavy atom. The van der Waals surface area contributed by atoms with Crippen LogP contribution in [0.4, 0.5) is 10.6 Å². The number of anilines is 1. The zero-order valence-corrected chi connectivity index (χ0v) is 15.0. The number of rotatable bonds is 5. The molecular formula is C17H17ClN4O4. The van der Waals surface area contributed by atoms with Crippen molar-refractivity contribution >= 4 is 35.3 Å². The molecule has 1 aliphatic rings. The molecule has 0 spiro atoms. The van der Waals surface area contributed by atoms with E-state index in [0.29, 0.717) is 22.8 Å². The molecule has 3 rings (SSSR count). The molecular weight excluding hydrogens is 360 g/mol. The van der Waals surface area contributed by atoms with Crippen molar-refractivity contribution in [1.29, 1.82) is 0 Å². The van der Waals surface area contributed by atoms with Gasteiger partial charge >= 0.3 is 6.03 Å². The number of aryl methyl sites for hydroxylation is 1. The van der Waals surface area contributed by atoms with Gasteiger partial charge in [0.25, 0.3) is 5.91 Å². The fourth-order valence-electron chi connectivity index (χ4n) is 2.89. The first-order valence-electron chi connectivity index (χ1n) is 7.99. The lowest BCUT2D eigenvalue weighted by Gasteiger charge is -2.25. The topological polar surface area (TPSA) is 105 Å². The Bertz CT molecular complexity index is 864. The second-order valence-corrected chi connectivity index (χ2v) is 6.39. The number of benzene rings is 1. The van der Waals surface area contributed by atoms with Crippen molar-refractivity contribution in [2.75, 3.05) is 11.9 Å². The third-order valence-electron chi connectivity index (χ3n) is 4.24. The van der Waals surface area contributed by atoms with Crippen molar-refractivity contribution in [3.8, 4) is 0 Å². The smallest absolute Gasteiger partial charge is 0.325 e. The second-order valence-electron chi connectivity index (χ2n) is 5.96. The molecule has 4 amide bonds. The quantitative estimate of drug-likeness (QED) is 0.780. The van der Waals surface area contributed by atoms with Crippen LogP contribution >= 0.6 is 11.6 Å². The number of carbonyl (C=O) groups is 3. The van der Waals surface area contributed by atoms with E-state index < -0.39 is 29.9 Å². The van der Waals surface area contributed by atoms with Crippen LogP contribution in [0.5, 0.6) is 0 Å². The van der Waals surface area contributed by atoms with Crippen molar-refractivity contribution in [1.82, 2.24) is 15.4 Å². The second kappa shape index (κ2) is 6.80. The van der Waals surface area contributed by atoms with Crippen molar-refractivity contribution in [3.05, 3.63) is 46.7 Å². The van der Waals surface area contributed by atoms with Crippen LogP contribution < -0.4 is 10.6 Å². The van der Waals surface area contributed by atoms with Gasteiger partial charge in [0, 0.05) is 11.1 Å². The number of halogens is 1. The number of carbonyl (C=O) groups excluding carboxylic acids is 3. The summed E-state index contributed by atoms with van der Waals surface area (Å²) < 4.78 is 4.86. The van der Waals surface area contributed by atoms with E-state index in [4.69, 9.17) is 16.1 Å². The third kappa shape index (κ3) is 3.15. The molecule has 2 aromatic rings. The molecule has 1 aromatic heterocycles. The van der Waals surface area contributed by atoms with Crippen LogP contribution in [-0.2, 0) is 15.1 Å². The minimum absolute atomic E-state index is 0.221. The Balaban J connectivity index is 1.79. The van der Waals surface area contributed by atoms with Gasteiger partial charge in [-0.3, -0.25) is 14.5 Å². The van der Waals surface area contributed by atoms with Crippen molar-refractivity contribution in [2.45, 2.75) is 25.8 Å². The maximum atomic E-state index is 12.9. The zero-order valence-electron chi connectivity index (χ0n) is 14.2. The van der Waals surface area contributed by atoms with E-state index in [0.717, 1.165) is 4.90 Å². The zero-order chi connectivity index (χ0) is 18.9. The van der Waals surface area contributed by atoms with Gasteiger partial charge in [-0.25, -0.2) is 4.79 Å². The summed E-state index contributed by atoms with van der Waals surface area (Å²) in [5, 5.41) is 9.36. The van der Waals surface area contributed by atoms with E-state index in [1.54, 1.807) is 38.1 Å². The van der Waals surface area contributed by atoms with Crippen molar-refractivity contribution in [2.24, 2.45) is 0 Å². The van der Waals surface area contributed by atoms with E-state index in [2.05, 4.69) is 15.8 Å². The molecule has 8 nitrogen and oxygen atoms in total. The Morgan fingerprint density at radius 3 is 2.62 bits per heavy atom. The maximum absolute atomic E-state index is 12.9. The fraction of sp³-hybridized carbons (Fsp3) is 0.294. The summed E-state index contributed by atoms with van der Waals surface area (Å²) in [6.45, 7) is 3.04. The molecule has 2 heterocycles. The summed E-state index contributed by atoms with van der Waals surface area (Å²) in [6, 6.07) is 7.58. The van der Waals surface area contributed by atoms with Crippen LogP contribution in [0.1, 0.15) is 24.7 Å².